The fourth-order valence-electron chi connectivity index (χ4n) is 1.76. The number of rotatable bonds is 2. The Morgan fingerprint density at radius 2 is 1.95 bits per heavy atom. The zero-order valence-corrected chi connectivity index (χ0v) is 10.6. The van der Waals surface area contributed by atoms with Crippen molar-refractivity contribution in [3.8, 4) is 11.3 Å². The Bertz CT molecular complexity index is 678. The number of benzene rings is 1. The molecule has 0 aliphatic heterocycles. The van der Waals surface area contributed by atoms with Crippen LogP contribution in [0.5, 0.6) is 0 Å². The molecule has 1 aromatic carbocycles. The maximum absolute atomic E-state index is 11.8. The lowest BCUT2D eigenvalue weighted by Gasteiger charge is -2.11. The second-order valence-corrected chi connectivity index (χ2v) is 3.92. The van der Waals surface area contributed by atoms with Gasteiger partial charge in [0.15, 0.2) is 0 Å². The average molecular weight is 259 g/mol. The molecule has 0 spiro atoms. The van der Waals surface area contributed by atoms with Crippen molar-refractivity contribution in [3.63, 3.8) is 0 Å². The molecule has 0 aliphatic rings. The van der Waals surface area contributed by atoms with Crippen molar-refractivity contribution in [3.05, 3.63) is 46.2 Å². The molecule has 19 heavy (non-hydrogen) atoms. The number of ether oxygens (including phenoxy) is 1. The van der Waals surface area contributed by atoms with Crippen molar-refractivity contribution in [1.82, 2.24) is 9.78 Å². The lowest BCUT2D eigenvalue weighted by Crippen LogP contribution is -2.27. The van der Waals surface area contributed by atoms with Gasteiger partial charge in [-0.2, -0.15) is 5.10 Å². The van der Waals surface area contributed by atoms with Gasteiger partial charge in [0.05, 0.1) is 7.11 Å². The highest BCUT2D eigenvalue weighted by atomic mass is 16.5. The minimum absolute atomic E-state index is 0.00296. The van der Waals surface area contributed by atoms with Gasteiger partial charge in [0.1, 0.15) is 16.9 Å². The number of aryl methyl sites for hydroxylation is 1. The van der Waals surface area contributed by atoms with Crippen molar-refractivity contribution in [2.75, 3.05) is 12.8 Å². The first kappa shape index (κ1) is 12.8. The molecular weight excluding hydrogens is 246 g/mol. The van der Waals surface area contributed by atoms with E-state index in [0.717, 1.165) is 4.68 Å². The number of anilines is 1. The average Bonchev–Trinajstić information content (AvgIpc) is 2.44. The molecule has 0 amide bonds. The monoisotopic (exact) mass is 259 g/mol. The van der Waals surface area contributed by atoms with Crippen LogP contribution in [0.1, 0.15) is 10.4 Å². The van der Waals surface area contributed by atoms with Gasteiger partial charge in [0, 0.05) is 12.6 Å². The molecule has 0 fully saturated rings. The Morgan fingerprint density at radius 1 is 1.32 bits per heavy atom. The van der Waals surface area contributed by atoms with E-state index in [1.165, 1.54) is 14.2 Å². The van der Waals surface area contributed by atoms with Gasteiger partial charge in [-0.3, -0.25) is 4.79 Å². The zero-order valence-electron chi connectivity index (χ0n) is 10.6. The van der Waals surface area contributed by atoms with E-state index in [1.807, 2.05) is 6.07 Å². The number of nitrogen functional groups attached to an aromatic ring is 1. The summed E-state index contributed by atoms with van der Waals surface area (Å²) < 4.78 is 5.77. The zero-order chi connectivity index (χ0) is 14.0. The van der Waals surface area contributed by atoms with Crippen molar-refractivity contribution in [1.29, 1.82) is 0 Å². The van der Waals surface area contributed by atoms with Crippen LogP contribution < -0.4 is 11.3 Å². The first-order valence-corrected chi connectivity index (χ1v) is 5.56. The van der Waals surface area contributed by atoms with Crippen molar-refractivity contribution >= 4 is 11.7 Å². The molecule has 0 unspecified atom stereocenters. The highest BCUT2D eigenvalue weighted by Gasteiger charge is 2.22. The molecule has 6 heteroatoms. The van der Waals surface area contributed by atoms with Gasteiger partial charge in [-0.15, -0.1) is 0 Å². The van der Waals surface area contributed by atoms with Gasteiger partial charge in [0.25, 0.3) is 5.56 Å². The molecule has 2 aromatic rings. The summed E-state index contributed by atoms with van der Waals surface area (Å²) in [6, 6.07) is 9.00. The Balaban J connectivity index is 2.80. The van der Waals surface area contributed by atoms with E-state index in [0.29, 0.717) is 11.3 Å². The fraction of sp³-hybridized carbons (Fsp3) is 0.154. The van der Waals surface area contributed by atoms with Crippen molar-refractivity contribution in [2.45, 2.75) is 0 Å². The summed E-state index contributed by atoms with van der Waals surface area (Å²) in [6.45, 7) is 0. The number of hydrogen-bond donors (Lipinski definition) is 1. The Kier molecular flexibility index (Phi) is 3.33. The molecule has 2 rings (SSSR count). The van der Waals surface area contributed by atoms with Gasteiger partial charge in [-0.25, -0.2) is 9.48 Å². The Labute approximate surface area is 109 Å². The van der Waals surface area contributed by atoms with Crippen LogP contribution in [0, 0.1) is 0 Å². The van der Waals surface area contributed by atoms with Gasteiger partial charge < -0.3 is 10.5 Å². The fourth-order valence-corrected chi connectivity index (χ4v) is 1.76. The molecule has 1 aromatic heterocycles. The van der Waals surface area contributed by atoms with Crippen LogP contribution in [0.15, 0.2) is 35.1 Å². The predicted octanol–water partition coefficient (Wildman–Crippen LogP) is 0.816. The molecule has 6 nitrogen and oxygen atoms in total. The molecular formula is C13H13N3O3. The highest BCUT2D eigenvalue weighted by Crippen LogP contribution is 2.23. The van der Waals surface area contributed by atoms with Crippen molar-refractivity contribution < 1.29 is 9.53 Å². The van der Waals surface area contributed by atoms with Crippen molar-refractivity contribution in [2.24, 2.45) is 7.05 Å². The summed E-state index contributed by atoms with van der Waals surface area (Å²) in [6.07, 6.45) is 0. The molecule has 0 saturated heterocycles. The lowest BCUT2D eigenvalue weighted by atomic mass is 10.1. The second kappa shape index (κ2) is 4.93. The van der Waals surface area contributed by atoms with Gasteiger partial charge in [-0.05, 0) is 0 Å². The topological polar surface area (TPSA) is 87.2 Å². The number of aromatic nitrogens is 2. The molecule has 0 saturated carbocycles. The second-order valence-electron chi connectivity index (χ2n) is 3.92. The Morgan fingerprint density at radius 3 is 2.53 bits per heavy atom. The van der Waals surface area contributed by atoms with E-state index in [1.54, 1.807) is 24.3 Å². The summed E-state index contributed by atoms with van der Waals surface area (Å²) in [4.78, 5) is 23.6. The first-order valence-electron chi connectivity index (χ1n) is 5.56. The van der Waals surface area contributed by atoms with Gasteiger partial charge in [0.2, 0.25) is 0 Å². The summed E-state index contributed by atoms with van der Waals surface area (Å²) in [5, 5.41) is 4.10. The van der Waals surface area contributed by atoms with Crippen LogP contribution in [0.3, 0.4) is 0 Å². The van der Waals surface area contributed by atoms with E-state index in [2.05, 4.69) is 9.84 Å². The quantitative estimate of drug-likeness (QED) is 0.806. The first-order chi connectivity index (χ1) is 9.06. The molecule has 0 atom stereocenters. The minimum Gasteiger partial charge on any atom is -0.465 e. The number of nitrogens with two attached hydrogens (primary N) is 1. The van der Waals surface area contributed by atoms with Crippen LogP contribution in [0.25, 0.3) is 11.3 Å². The SMILES string of the molecule is COC(=O)c1c(-c2ccccc2)nn(C)c(=O)c1N. The third kappa shape index (κ3) is 2.20. The number of hydrogen-bond acceptors (Lipinski definition) is 5. The van der Waals surface area contributed by atoms with Crippen LogP contribution in [0.4, 0.5) is 5.69 Å². The number of carbonyl (C=O) groups excluding carboxylic acids is 1. The highest BCUT2D eigenvalue weighted by molar-refractivity contribution is 6.00. The summed E-state index contributed by atoms with van der Waals surface area (Å²) in [5.41, 5.74) is 6.04. The van der Waals surface area contributed by atoms with Crippen LogP contribution in [0.2, 0.25) is 0 Å². The number of methoxy groups -OCH3 is 1. The number of nitrogens with zero attached hydrogens (tertiary/aromatic N) is 2. The maximum atomic E-state index is 11.8. The molecule has 0 aliphatic carbocycles. The van der Waals surface area contributed by atoms with E-state index in [9.17, 15) is 9.59 Å². The summed E-state index contributed by atoms with van der Waals surface area (Å²) in [7, 11) is 2.71. The third-order valence-electron chi connectivity index (χ3n) is 2.72. The van der Waals surface area contributed by atoms with E-state index in [4.69, 9.17) is 5.73 Å². The Hall–Kier alpha value is -2.63. The van der Waals surface area contributed by atoms with Gasteiger partial charge in [-0.1, -0.05) is 30.3 Å². The molecule has 98 valence electrons. The number of esters is 1. The van der Waals surface area contributed by atoms with Crippen LogP contribution >= 0.6 is 0 Å². The summed E-state index contributed by atoms with van der Waals surface area (Å²) in [5.74, 6) is -0.679. The molecule has 0 radical (unpaired) electrons. The smallest absolute Gasteiger partial charge is 0.342 e. The standard InChI is InChI=1S/C13H13N3O3/c1-16-12(17)10(14)9(13(18)19-2)11(15-16)8-6-4-3-5-7-8/h3-7H,14H2,1-2H3. The maximum Gasteiger partial charge on any atom is 0.342 e. The third-order valence-corrected chi connectivity index (χ3v) is 2.72. The molecule has 1 heterocycles. The largest absolute Gasteiger partial charge is 0.465 e. The molecule has 2 N–H and O–H groups in total. The number of carbonyl (C=O) groups is 1. The van der Waals surface area contributed by atoms with E-state index in [-0.39, 0.29) is 11.3 Å². The molecule has 0 bridgehead atoms. The van der Waals surface area contributed by atoms with Crippen LogP contribution in [-0.4, -0.2) is 22.9 Å². The normalized spacial score (nSPS) is 10.2. The lowest BCUT2D eigenvalue weighted by molar-refractivity contribution is 0.0602. The van der Waals surface area contributed by atoms with E-state index < -0.39 is 11.5 Å². The van der Waals surface area contributed by atoms with Crippen LogP contribution in [-0.2, 0) is 11.8 Å². The predicted molar refractivity (Wildman–Crippen MR) is 70.7 cm³/mol. The summed E-state index contributed by atoms with van der Waals surface area (Å²) >= 11 is 0. The minimum atomic E-state index is -0.679. The van der Waals surface area contributed by atoms with E-state index >= 15 is 0 Å². The van der Waals surface area contributed by atoms with Gasteiger partial charge >= 0.3 is 5.97 Å².